The minimum Gasteiger partial charge on any atom is -0.344 e. The van der Waals surface area contributed by atoms with Gasteiger partial charge < -0.3 is 15.6 Å². The van der Waals surface area contributed by atoms with Gasteiger partial charge in [0, 0.05) is 13.0 Å². The summed E-state index contributed by atoms with van der Waals surface area (Å²) in [7, 11) is 3.30. The number of hydrogen-bond donors (Lipinski definition) is 2. The molecule has 0 bridgehead atoms. The molecule has 0 spiro atoms. The maximum Gasteiger partial charge on any atom is 0.248 e. The number of aliphatic imine (C=N–C) groups is 1. The van der Waals surface area contributed by atoms with Gasteiger partial charge in [-0.3, -0.25) is 9.59 Å². The minimum atomic E-state index is -0.632. The fourth-order valence-corrected chi connectivity index (χ4v) is 4.02. The summed E-state index contributed by atoms with van der Waals surface area (Å²) >= 11 is 0. The average Bonchev–Trinajstić information content (AvgIpc) is 3.48. The van der Waals surface area contributed by atoms with Crippen LogP contribution in [0.25, 0.3) is 0 Å². The van der Waals surface area contributed by atoms with E-state index in [1.54, 1.807) is 33.2 Å². The highest BCUT2D eigenvalue weighted by molar-refractivity contribution is 6.32. The molecular formula is C21H30BFN4O2. The number of halogens is 1. The van der Waals surface area contributed by atoms with Crippen molar-refractivity contribution in [2.45, 2.75) is 51.5 Å². The molecule has 0 saturated heterocycles. The highest BCUT2D eigenvalue weighted by atomic mass is 19.1. The predicted octanol–water partition coefficient (Wildman–Crippen LogP) is 1.46. The molecule has 2 N–H and O–H groups in total. The lowest BCUT2D eigenvalue weighted by Crippen LogP contribution is -2.53. The molecule has 2 amide bonds. The number of pyridine rings is 1. The van der Waals surface area contributed by atoms with Gasteiger partial charge in [-0.05, 0) is 54.8 Å². The number of nitrogens with one attached hydrogen (secondary N) is 2. The number of carbonyl (C=O) groups excluding carboxylic acids is 2. The van der Waals surface area contributed by atoms with Crippen molar-refractivity contribution in [1.82, 2.24) is 10.3 Å². The molecule has 29 heavy (non-hydrogen) atoms. The molecule has 1 heterocycles. The van der Waals surface area contributed by atoms with Crippen LogP contribution in [-0.4, -0.2) is 43.9 Å². The van der Waals surface area contributed by atoms with E-state index >= 15 is 0 Å². The van der Waals surface area contributed by atoms with E-state index < -0.39 is 12.0 Å². The number of rotatable bonds is 9. The van der Waals surface area contributed by atoms with Gasteiger partial charge >= 0.3 is 0 Å². The van der Waals surface area contributed by atoms with E-state index in [1.807, 2.05) is 6.92 Å². The summed E-state index contributed by atoms with van der Waals surface area (Å²) in [5.41, 5.74) is 0.421. The van der Waals surface area contributed by atoms with Crippen molar-refractivity contribution < 1.29 is 14.0 Å². The Balaban J connectivity index is 1.78. The number of amides is 2. The van der Waals surface area contributed by atoms with Gasteiger partial charge in [-0.15, -0.1) is 0 Å². The van der Waals surface area contributed by atoms with Gasteiger partial charge in [-0.2, -0.15) is 4.39 Å². The molecule has 0 aromatic carbocycles. The van der Waals surface area contributed by atoms with E-state index in [4.69, 9.17) is 0 Å². The molecule has 1 aromatic rings. The van der Waals surface area contributed by atoms with Crippen molar-refractivity contribution in [2.75, 3.05) is 12.4 Å². The van der Waals surface area contributed by atoms with Crippen LogP contribution >= 0.6 is 0 Å². The third kappa shape index (κ3) is 5.43. The van der Waals surface area contributed by atoms with Crippen molar-refractivity contribution in [1.29, 1.82) is 0 Å². The molecule has 3 rings (SSSR count). The minimum absolute atomic E-state index is 0.120. The number of aromatic nitrogens is 1. The van der Waals surface area contributed by atoms with E-state index in [0.29, 0.717) is 23.7 Å². The van der Waals surface area contributed by atoms with Gasteiger partial charge in [0.25, 0.3) is 0 Å². The van der Waals surface area contributed by atoms with Gasteiger partial charge in [0.05, 0.1) is 0 Å². The van der Waals surface area contributed by atoms with Crippen LogP contribution in [0.2, 0.25) is 0 Å². The predicted molar refractivity (Wildman–Crippen MR) is 115 cm³/mol. The molecular weight excluding hydrogens is 370 g/mol. The summed E-state index contributed by atoms with van der Waals surface area (Å²) < 4.78 is 13.8. The van der Waals surface area contributed by atoms with Crippen LogP contribution in [0, 0.1) is 29.6 Å². The monoisotopic (exact) mass is 400 g/mol. The fraction of sp³-hybridized carbons (Fsp3) is 0.619. The zero-order chi connectivity index (χ0) is 21.0. The lowest BCUT2D eigenvalue weighted by Gasteiger charge is -2.39. The van der Waals surface area contributed by atoms with Gasteiger partial charge in [0.2, 0.25) is 17.8 Å². The standard InChI is InChI=1S/C21H30BFN4O2/c1-12(10-11-24-2)20(28)27-18(17(14-6-7-14)13-4-3-5-13)21(29)26-16-9-8-15(22)19(23)25-16/h8-9,11-14,17-18H,3-7,10,22H2,1-2H3,(H,27,28)(H,25,26,29)/b24-11-. The lowest BCUT2D eigenvalue weighted by atomic mass is 9.70. The van der Waals surface area contributed by atoms with Gasteiger partial charge in [0.15, 0.2) is 0 Å². The van der Waals surface area contributed by atoms with Gasteiger partial charge in [0.1, 0.15) is 19.7 Å². The molecule has 3 unspecified atom stereocenters. The number of hydrogen-bond acceptors (Lipinski definition) is 4. The molecule has 3 atom stereocenters. The van der Waals surface area contributed by atoms with Crippen LogP contribution in [0.4, 0.5) is 10.2 Å². The largest absolute Gasteiger partial charge is 0.344 e. The maximum absolute atomic E-state index is 13.8. The third-order valence-electron chi connectivity index (χ3n) is 6.20. The number of nitrogens with zero attached hydrogens (tertiary/aromatic N) is 2. The average molecular weight is 400 g/mol. The molecule has 0 radical (unpaired) electrons. The molecule has 8 heteroatoms. The second-order valence-corrected chi connectivity index (χ2v) is 8.46. The number of anilines is 1. The summed E-state index contributed by atoms with van der Waals surface area (Å²) in [6.07, 6.45) is 7.78. The Bertz CT molecular complexity index is 780. The Hall–Kier alpha value is -2.25. The van der Waals surface area contributed by atoms with Crippen LogP contribution in [-0.2, 0) is 9.59 Å². The first-order valence-electron chi connectivity index (χ1n) is 10.6. The van der Waals surface area contributed by atoms with Crippen molar-refractivity contribution >= 4 is 37.2 Å². The topological polar surface area (TPSA) is 83.5 Å². The van der Waals surface area contributed by atoms with E-state index in [1.165, 1.54) is 6.42 Å². The maximum atomic E-state index is 13.8. The van der Waals surface area contributed by atoms with Crippen molar-refractivity contribution in [3.05, 3.63) is 18.1 Å². The molecule has 6 nitrogen and oxygen atoms in total. The first-order chi connectivity index (χ1) is 13.9. The Morgan fingerprint density at radius 1 is 1.28 bits per heavy atom. The second kappa shape index (κ2) is 9.50. The molecule has 2 fully saturated rings. The molecule has 2 aliphatic rings. The molecule has 2 aliphatic carbocycles. The van der Waals surface area contributed by atoms with Gasteiger partial charge in [-0.25, -0.2) is 4.98 Å². The van der Waals surface area contributed by atoms with Crippen molar-refractivity contribution in [2.24, 2.45) is 28.7 Å². The fourth-order valence-electron chi connectivity index (χ4n) is 4.02. The van der Waals surface area contributed by atoms with E-state index in [-0.39, 0.29) is 29.5 Å². The summed E-state index contributed by atoms with van der Waals surface area (Å²) in [5.74, 6) is -0.131. The van der Waals surface area contributed by atoms with Crippen LogP contribution < -0.4 is 16.1 Å². The smallest absolute Gasteiger partial charge is 0.248 e. The zero-order valence-corrected chi connectivity index (χ0v) is 17.5. The van der Waals surface area contributed by atoms with Crippen molar-refractivity contribution in [3.8, 4) is 0 Å². The highest BCUT2D eigenvalue weighted by Crippen LogP contribution is 2.48. The quantitative estimate of drug-likeness (QED) is 0.374. The van der Waals surface area contributed by atoms with E-state index in [2.05, 4.69) is 20.6 Å². The highest BCUT2D eigenvalue weighted by Gasteiger charge is 2.46. The first-order valence-corrected chi connectivity index (χ1v) is 10.6. The molecule has 0 aliphatic heterocycles. The normalized spacial score (nSPS) is 20.0. The SMILES string of the molecule is Bc1ccc(NC(=O)C(NC(=O)C(C)C/C=N\C)C(C2CCC2)C2CC2)nc1F. The Kier molecular flexibility index (Phi) is 7.03. The molecule has 2 saturated carbocycles. The summed E-state index contributed by atoms with van der Waals surface area (Å²) in [5, 5.41) is 5.74. The lowest BCUT2D eigenvalue weighted by molar-refractivity contribution is -0.130. The molecule has 156 valence electrons. The molecule has 1 aromatic heterocycles. The van der Waals surface area contributed by atoms with Crippen LogP contribution in [0.3, 0.4) is 0 Å². The van der Waals surface area contributed by atoms with Crippen molar-refractivity contribution in [3.63, 3.8) is 0 Å². The first kappa shape index (κ1) is 21.5. The Labute approximate surface area is 172 Å². The summed E-state index contributed by atoms with van der Waals surface area (Å²) in [4.78, 5) is 33.7. The zero-order valence-electron chi connectivity index (χ0n) is 17.5. The Morgan fingerprint density at radius 2 is 1.97 bits per heavy atom. The summed E-state index contributed by atoms with van der Waals surface area (Å²) in [6, 6.07) is 2.54. The van der Waals surface area contributed by atoms with Crippen LogP contribution in [0.5, 0.6) is 0 Å². The Morgan fingerprint density at radius 3 is 2.52 bits per heavy atom. The van der Waals surface area contributed by atoms with E-state index in [0.717, 1.165) is 25.7 Å². The number of carbonyl (C=O) groups is 2. The van der Waals surface area contributed by atoms with Crippen LogP contribution in [0.15, 0.2) is 17.1 Å². The van der Waals surface area contributed by atoms with Gasteiger partial charge in [-0.1, -0.05) is 32.3 Å². The second-order valence-electron chi connectivity index (χ2n) is 8.46. The van der Waals surface area contributed by atoms with E-state index in [9.17, 15) is 14.0 Å². The third-order valence-corrected chi connectivity index (χ3v) is 6.20. The van der Waals surface area contributed by atoms with Crippen LogP contribution in [0.1, 0.15) is 45.4 Å². The summed E-state index contributed by atoms with van der Waals surface area (Å²) in [6.45, 7) is 1.83.